The first kappa shape index (κ1) is 67.0. The van der Waals surface area contributed by atoms with Crippen molar-refractivity contribution in [2.24, 2.45) is 0 Å². The van der Waals surface area contributed by atoms with E-state index in [0.717, 1.165) is 38.5 Å². The lowest BCUT2D eigenvalue weighted by Gasteiger charge is -2.24. The zero-order chi connectivity index (χ0) is 48.5. The van der Waals surface area contributed by atoms with Crippen LogP contribution in [0.15, 0.2) is 36.5 Å². The van der Waals surface area contributed by atoms with Crippen molar-refractivity contribution in [3.05, 3.63) is 36.5 Å². The second-order valence-corrected chi connectivity index (χ2v) is 16.9. The van der Waals surface area contributed by atoms with Crippen LogP contribution in [0.25, 0.3) is 0 Å². The van der Waals surface area contributed by atoms with Crippen molar-refractivity contribution in [2.45, 2.75) is 259 Å². The number of hydrogen-bond donors (Lipinski definition) is 6. The fourth-order valence-corrected chi connectivity index (χ4v) is 5.91. The number of unbranched alkanes of at least 4 members (excludes halogenated alkanes) is 24. The van der Waals surface area contributed by atoms with Crippen molar-refractivity contribution in [3.8, 4) is 0 Å². The summed E-state index contributed by atoms with van der Waals surface area (Å²) in [5, 5.41) is 55.1. The number of aliphatic carboxylic acids is 3. The van der Waals surface area contributed by atoms with E-state index >= 15 is 0 Å². The van der Waals surface area contributed by atoms with Gasteiger partial charge < -0.3 is 44.8 Å². The Morgan fingerprint density at radius 2 is 0.571 bits per heavy atom. The molecule has 374 valence electrons. The average Bonchev–Trinajstić information content (AvgIpc) is 3.23. The molecule has 0 heterocycles. The predicted octanol–water partition coefficient (Wildman–Crippen LogP) is 13.1. The topological polar surface area (TPSA) is 200 Å². The van der Waals surface area contributed by atoms with Gasteiger partial charge in [-0.3, -0.25) is 0 Å². The van der Waals surface area contributed by atoms with Gasteiger partial charge in [0, 0.05) is 16.7 Å². The highest BCUT2D eigenvalue weighted by molar-refractivity contribution is 5.85. The Morgan fingerprint density at radius 1 is 0.381 bits per heavy atom. The van der Waals surface area contributed by atoms with Crippen molar-refractivity contribution >= 4 is 17.9 Å². The third kappa shape index (κ3) is 61.5. The minimum Gasteiger partial charge on any atom is -0.478 e. The number of rotatable bonds is 41. The average molecular weight is 903 g/mol. The van der Waals surface area contributed by atoms with Crippen LogP contribution in [0, 0.1) is 0 Å². The molecular weight excluding hydrogens is 805 g/mol. The number of carboxylic acids is 3. The van der Waals surface area contributed by atoms with Crippen LogP contribution >= 0.6 is 0 Å². The number of ether oxygens (including phenoxy) is 3. The molecule has 0 aromatic rings. The predicted molar refractivity (Wildman–Crippen MR) is 258 cm³/mol. The van der Waals surface area contributed by atoms with Crippen LogP contribution in [0.1, 0.15) is 234 Å². The molecule has 3 unspecified atom stereocenters. The summed E-state index contributed by atoms with van der Waals surface area (Å²) >= 11 is 0. The second-order valence-electron chi connectivity index (χ2n) is 16.9. The van der Waals surface area contributed by atoms with Crippen molar-refractivity contribution in [1.29, 1.82) is 0 Å². The largest absolute Gasteiger partial charge is 0.478 e. The van der Waals surface area contributed by atoms with Crippen molar-refractivity contribution in [1.82, 2.24) is 0 Å². The molecule has 3 atom stereocenters. The molecule has 0 radical (unpaired) electrons. The summed E-state index contributed by atoms with van der Waals surface area (Å²) in [4.78, 5) is 28.8. The fourth-order valence-electron chi connectivity index (χ4n) is 5.91. The third-order valence-electron chi connectivity index (χ3n) is 10.1. The molecule has 0 spiro atoms. The highest BCUT2D eigenvalue weighted by atomic mass is 16.7. The van der Waals surface area contributed by atoms with Crippen molar-refractivity contribution in [2.75, 3.05) is 13.2 Å². The van der Waals surface area contributed by atoms with Gasteiger partial charge in [-0.1, -0.05) is 195 Å². The summed E-state index contributed by atoms with van der Waals surface area (Å²) in [6, 6.07) is 0. The van der Waals surface area contributed by atoms with Crippen molar-refractivity contribution < 1.29 is 59.2 Å². The van der Waals surface area contributed by atoms with Crippen LogP contribution in [0.4, 0.5) is 0 Å². The Kier molecular flexibility index (Phi) is 55.3. The molecule has 6 N–H and O–H groups in total. The zero-order valence-corrected chi connectivity index (χ0v) is 41.2. The lowest BCUT2D eigenvalue weighted by molar-refractivity contribution is -0.212. The normalized spacial score (nSPS) is 12.5. The molecular formula is C51H98O12. The molecule has 0 fully saturated rings. The van der Waals surface area contributed by atoms with Crippen LogP contribution in [0.3, 0.4) is 0 Å². The van der Waals surface area contributed by atoms with Gasteiger partial charge >= 0.3 is 17.9 Å². The molecule has 0 rings (SSSR count). The van der Waals surface area contributed by atoms with Crippen LogP contribution in [-0.4, -0.2) is 86.7 Å². The second kappa shape index (κ2) is 52.0. The molecule has 0 bridgehead atoms. The molecule has 0 aliphatic carbocycles. The number of hydrogen-bond acceptors (Lipinski definition) is 9. The number of aliphatic hydroxyl groups excluding tert-OH is 3. The van der Waals surface area contributed by atoms with E-state index in [0.29, 0.717) is 19.3 Å². The maximum atomic E-state index is 10.6. The maximum Gasteiger partial charge on any atom is 0.330 e. The molecule has 12 heteroatoms. The Morgan fingerprint density at radius 3 is 0.778 bits per heavy atom. The first-order valence-corrected chi connectivity index (χ1v) is 24.6. The first-order valence-electron chi connectivity index (χ1n) is 24.6. The number of carbonyl (C=O) groups is 3. The first-order chi connectivity index (χ1) is 30.0. The van der Waals surface area contributed by atoms with Gasteiger partial charge in [-0.05, 0) is 59.3 Å². The molecule has 0 aliphatic heterocycles. The molecule has 0 saturated carbocycles. The van der Waals surface area contributed by atoms with E-state index < -0.39 is 42.9 Å². The quantitative estimate of drug-likeness (QED) is 0.0193. The summed E-state index contributed by atoms with van der Waals surface area (Å²) in [5.74, 6) is -2.81. The molecule has 0 saturated heterocycles. The lowest BCUT2D eigenvalue weighted by atomic mass is 10.1. The Labute approximate surface area is 385 Å². The summed E-state index contributed by atoms with van der Waals surface area (Å²) in [5.41, 5.74) is 0.528. The van der Waals surface area contributed by atoms with Gasteiger partial charge in [-0.15, -0.1) is 0 Å². The van der Waals surface area contributed by atoms with Crippen LogP contribution < -0.4 is 0 Å². The van der Waals surface area contributed by atoms with E-state index in [4.69, 9.17) is 29.5 Å². The van der Waals surface area contributed by atoms with E-state index in [9.17, 15) is 29.7 Å². The summed E-state index contributed by atoms with van der Waals surface area (Å²) in [7, 11) is 0. The van der Waals surface area contributed by atoms with E-state index in [1.807, 2.05) is 0 Å². The standard InChI is InChI=1S/C39H80O6.3C4H6O2/c1-4-7-10-13-16-19-22-25-28-31-37(40)43-34-36(45-39(42)33-30-27-24-21-18-15-12-9-6-3)35-44-38(41)32-29-26-23-20-17-14-11-8-5-2;3*1-3(2)4(5)6/h36-42H,4-35H2,1-3H3;3*1H2,2H3,(H,5,6). The van der Waals surface area contributed by atoms with E-state index in [1.165, 1.54) is 156 Å². The molecule has 0 aromatic heterocycles. The Hall–Kier alpha value is -2.61. The minimum atomic E-state index is -0.935. The van der Waals surface area contributed by atoms with Crippen LogP contribution in [-0.2, 0) is 28.6 Å². The van der Waals surface area contributed by atoms with Gasteiger partial charge in [-0.2, -0.15) is 0 Å². The van der Waals surface area contributed by atoms with Crippen LogP contribution in [0.5, 0.6) is 0 Å². The summed E-state index contributed by atoms with van der Waals surface area (Å²) < 4.78 is 17.4. The fraction of sp³-hybridized carbons (Fsp3) is 0.824. The van der Waals surface area contributed by atoms with Gasteiger partial charge in [0.15, 0.2) is 18.9 Å². The van der Waals surface area contributed by atoms with Gasteiger partial charge in [-0.25, -0.2) is 14.4 Å². The van der Waals surface area contributed by atoms with Crippen LogP contribution in [0.2, 0.25) is 0 Å². The summed E-state index contributed by atoms with van der Waals surface area (Å²) in [6.07, 6.45) is 32.0. The van der Waals surface area contributed by atoms with Gasteiger partial charge in [0.1, 0.15) is 6.10 Å². The Balaban J connectivity index is -0.000000799. The van der Waals surface area contributed by atoms with E-state index in [1.54, 1.807) is 0 Å². The van der Waals surface area contributed by atoms with Gasteiger partial charge in [0.25, 0.3) is 0 Å². The Bertz CT molecular complexity index is 953. The van der Waals surface area contributed by atoms with E-state index in [2.05, 4.69) is 40.5 Å². The maximum absolute atomic E-state index is 10.6. The van der Waals surface area contributed by atoms with Gasteiger partial charge in [0.05, 0.1) is 13.2 Å². The summed E-state index contributed by atoms with van der Waals surface area (Å²) in [6.45, 7) is 20.8. The smallest absolute Gasteiger partial charge is 0.330 e. The van der Waals surface area contributed by atoms with Crippen molar-refractivity contribution in [3.63, 3.8) is 0 Å². The van der Waals surface area contributed by atoms with E-state index in [-0.39, 0.29) is 29.9 Å². The highest BCUT2D eigenvalue weighted by Gasteiger charge is 2.19. The molecule has 0 amide bonds. The highest BCUT2D eigenvalue weighted by Crippen LogP contribution is 2.16. The zero-order valence-electron chi connectivity index (χ0n) is 41.2. The molecule has 12 nitrogen and oxygen atoms in total. The number of carboxylic acid groups (broad SMARTS) is 3. The lowest BCUT2D eigenvalue weighted by Crippen LogP contribution is -2.34. The third-order valence-corrected chi connectivity index (χ3v) is 10.1. The minimum absolute atomic E-state index is 0.137. The SMILES string of the molecule is C=C(C)C(=O)O.C=C(C)C(=O)O.C=C(C)C(=O)O.CCCCCCCCCCCC(O)OCC(COC(O)CCCCCCCCCCC)OC(O)CCCCCCCCCCC. The molecule has 0 aromatic carbocycles. The molecule has 63 heavy (non-hydrogen) atoms. The monoisotopic (exact) mass is 903 g/mol. The van der Waals surface area contributed by atoms with Gasteiger partial charge in [0.2, 0.25) is 0 Å². The number of aliphatic hydroxyl groups is 3. The molecule has 0 aliphatic rings.